The summed E-state index contributed by atoms with van der Waals surface area (Å²) in [5, 5.41) is 5.71. The summed E-state index contributed by atoms with van der Waals surface area (Å²) < 4.78 is 41.0. The van der Waals surface area contributed by atoms with Crippen LogP contribution in [0, 0.1) is 5.82 Å². The van der Waals surface area contributed by atoms with Gasteiger partial charge in [-0.1, -0.05) is 6.07 Å². The Labute approximate surface area is 161 Å². The topological polar surface area (TPSA) is 87.3 Å². The molecule has 8 heteroatoms. The predicted octanol–water partition coefficient (Wildman–Crippen LogP) is 3.86. The number of anilines is 4. The first-order chi connectivity index (χ1) is 13.4. The lowest BCUT2D eigenvalue weighted by Gasteiger charge is -2.11. The largest absolute Gasteiger partial charge is 0.355 e. The molecule has 0 fully saturated rings. The molecule has 0 saturated carbocycles. The fraction of sp³-hybridized carbons (Fsp3) is 0.0500. The van der Waals surface area contributed by atoms with E-state index >= 15 is 0 Å². The summed E-state index contributed by atoms with van der Waals surface area (Å²) in [6.07, 6.45) is 0.166. The number of sulfonamides is 1. The van der Waals surface area contributed by atoms with Crippen LogP contribution in [0.25, 0.3) is 0 Å². The number of fused-ring (bicyclic) bond motifs is 1. The van der Waals surface area contributed by atoms with E-state index in [0.29, 0.717) is 28.3 Å². The second-order valence-corrected chi connectivity index (χ2v) is 8.04. The summed E-state index contributed by atoms with van der Waals surface area (Å²) in [5.41, 5.74) is 2.96. The minimum Gasteiger partial charge on any atom is -0.355 e. The molecule has 0 aromatic heterocycles. The van der Waals surface area contributed by atoms with E-state index in [2.05, 4.69) is 15.4 Å². The van der Waals surface area contributed by atoms with Crippen LogP contribution in [0.2, 0.25) is 0 Å². The second-order valence-electron chi connectivity index (χ2n) is 6.36. The number of halogens is 1. The first kappa shape index (κ1) is 18.0. The smallest absolute Gasteiger partial charge is 0.261 e. The van der Waals surface area contributed by atoms with Crippen molar-refractivity contribution < 1.29 is 17.6 Å². The minimum absolute atomic E-state index is 0.0877. The Morgan fingerprint density at radius 2 is 1.64 bits per heavy atom. The molecule has 1 aliphatic heterocycles. The molecule has 0 bridgehead atoms. The Balaban J connectivity index is 1.49. The van der Waals surface area contributed by atoms with E-state index in [-0.39, 0.29) is 23.0 Å². The molecule has 142 valence electrons. The highest BCUT2D eigenvalue weighted by Crippen LogP contribution is 2.27. The Bertz CT molecular complexity index is 1160. The van der Waals surface area contributed by atoms with E-state index in [0.717, 1.165) is 0 Å². The lowest BCUT2D eigenvalue weighted by atomic mass is 10.2. The quantitative estimate of drug-likeness (QED) is 0.610. The van der Waals surface area contributed by atoms with Gasteiger partial charge in [-0.05, 0) is 66.2 Å². The summed E-state index contributed by atoms with van der Waals surface area (Å²) in [7, 11) is -3.79. The molecule has 0 aliphatic carbocycles. The zero-order valence-electron chi connectivity index (χ0n) is 14.6. The molecular formula is C20H16FN3O3S. The van der Waals surface area contributed by atoms with Crippen molar-refractivity contribution in [3.63, 3.8) is 0 Å². The number of rotatable bonds is 5. The number of carbonyl (C=O) groups is 1. The van der Waals surface area contributed by atoms with Gasteiger partial charge in [-0.2, -0.15) is 0 Å². The maximum atomic E-state index is 13.2. The summed E-state index contributed by atoms with van der Waals surface area (Å²) >= 11 is 0. The van der Waals surface area contributed by atoms with E-state index in [1.807, 2.05) is 0 Å². The van der Waals surface area contributed by atoms with E-state index in [1.165, 1.54) is 24.3 Å². The number of benzene rings is 3. The monoisotopic (exact) mass is 397 g/mol. The summed E-state index contributed by atoms with van der Waals surface area (Å²) in [4.78, 5) is 11.5. The zero-order chi connectivity index (χ0) is 19.7. The third-order valence-electron chi connectivity index (χ3n) is 4.26. The van der Waals surface area contributed by atoms with Gasteiger partial charge in [0.05, 0.1) is 11.3 Å². The van der Waals surface area contributed by atoms with Crippen molar-refractivity contribution in [2.45, 2.75) is 11.3 Å². The van der Waals surface area contributed by atoms with Crippen molar-refractivity contribution in [1.29, 1.82) is 0 Å². The SMILES string of the molecule is O=C1Cc2cc(S(=O)(=O)Nc3ccc(Nc4cccc(F)c4)cc3)ccc2N1. The lowest BCUT2D eigenvalue weighted by molar-refractivity contribution is -0.115. The molecule has 6 nitrogen and oxygen atoms in total. The number of amides is 1. The Kier molecular flexibility index (Phi) is 4.48. The standard InChI is InChI=1S/C20H16FN3O3S/c21-14-2-1-3-17(12-14)22-15-4-6-16(7-5-15)24-28(26,27)18-8-9-19-13(10-18)11-20(25)23-19/h1-10,12,22,24H,11H2,(H,23,25). The molecule has 0 unspecified atom stereocenters. The van der Waals surface area contributed by atoms with Crippen LogP contribution in [0.5, 0.6) is 0 Å². The molecule has 3 aromatic carbocycles. The van der Waals surface area contributed by atoms with E-state index in [1.54, 1.807) is 42.5 Å². The van der Waals surface area contributed by atoms with Crippen molar-refractivity contribution in [1.82, 2.24) is 0 Å². The molecule has 0 atom stereocenters. The van der Waals surface area contributed by atoms with Crippen LogP contribution in [0.4, 0.5) is 27.1 Å². The minimum atomic E-state index is -3.79. The highest BCUT2D eigenvalue weighted by atomic mass is 32.2. The Morgan fingerprint density at radius 3 is 2.39 bits per heavy atom. The molecule has 3 aromatic rings. The third-order valence-corrected chi connectivity index (χ3v) is 5.64. The number of hydrogen-bond acceptors (Lipinski definition) is 4. The highest BCUT2D eigenvalue weighted by Gasteiger charge is 2.21. The lowest BCUT2D eigenvalue weighted by Crippen LogP contribution is -2.13. The van der Waals surface area contributed by atoms with Crippen molar-refractivity contribution in [3.8, 4) is 0 Å². The molecular weight excluding hydrogens is 381 g/mol. The average Bonchev–Trinajstić information content (AvgIpc) is 3.02. The van der Waals surface area contributed by atoms with Gasteiger partial charge in [0.2, 0.25) is 5.91 Å². The maximum absolute atomic E-state index is 13.2. The first-order valence-corrected chi connectivity index (χ1v) is 9.96. The molecule has 1 heterocycles. The highest BCUT2D eigenvalue weighted by molar-refractivity contribution is 7.92. The normalized spacial score (nSPS) is 13.0. The van der Waals surface area contributed by atoms with Crippen molar-refractivity contribution in [3.05, 3.63) is 78.1 Å². The average molecular weight is 397 g/mol. The van der Waals surface area contributed by atoms with Gasteiger partial charge in [0.15, 0.2) is 0 Å². The van der Waals surface area contributed by atoms with Crippen LogP contribution in [0.1, 0.15) is 5.56 Å². The Morgan fingerprint density at radius 1 is 0.893 bits per heavy atom. The summed E-state index contributed by atoms with van der Waals surface area (Å²) in [5.74, 6) is -0.500. The van der Waals surface area contributed by atoms with Gasteiger partial charge in [0, 0.05) is 22.7 Å². The molecule has 3 N–H and O–H groups in total. The van der Waals surface area contributed by atoms with Crippen LogP contribution in [-0.4, -0.2) is 14.3 Å². The van der Waals surface area contributed by atoms with Crippen molar-refractivity contribution in [2.24, 2.45) is 0 Å². The van der Waals surface area contributed by atoms with E-state index in [9.17, 15) is 17.6 Å². The number of hydrogen-bond donors (Lipinski definition) is 3. The zero-order valence-corrected chi connectivity index (χ0v) is 15.4. The summed E-state index contributed by atoms with van der Waals surface area (Å²) in [6.45, 7) is 0. The van der Waals surface area contributed by atoms with Gasteiger partial charge in [-0.15, -0.1) is 0 Å². The molecule has 0 saturated heterocycles. The molecule has 1 amide bonds. The number of carbonyl (C=O) groups excluding carboxylic acids is 1. The third kappa shape index (κ3) is 3.81. The molecule has 0 spiro atoms. The van der Waals surface area contributed by atoms with Gasteiger partial charge in [0.25, 0.3) is 10.0 Å². The van der Waals surface area contributed by atoms with Gasteiger partial charge in [-0.25, -0.2) is 12.8 Å². The van der Waals surface area contributed by atoms with Crippen molar-refractivity contribution in [2.75, 3.05) is 15.4 Å². The second kappa shape index (κ2) is 6.97. The number of nitrogens with one attached hydrogen (secondary N) is 3. The fourth-order valence-corrected chi connectivity index (χ4v) is 4.05. The molecule has 0 radical (unpaired) electrons. The van der Waals surface area contributed by atoms with Gasteiger partial charge < -0.3 is 10.6 Å². The maximum Gasteiger partial charge on any atom is 0.261 e. The Hall–Kier alpha value is -3.39. The van der Waals surface area contributed by atoms with Crippen LogP contribution in [0.3, 0.4) is 0 Å². The first-order valence-electron chi connectivity index (χ1n) is 8.47. The molecule has 28 heavy (non-hydrogen) atoms. The van der Waals surface area contributed by atoms with Crippen molar-refractivity contribution >= 4 is 38.7 Å². The molecule has 4 rings (SSSR count). The predicted molar refractivity (Wildman–Crippen MR) is 106 cm³/mol. The van der Waals surface area contributed by atoms with Gasteiger partial charge in [-0.3, -0.25) is 9.52 Å². The van der Waals surface area contributed by atoms with E-state index < -0.39 is 10.0 Å². The summed E-state index contributed by atoms with van der Waals surface area (Å²) in [6, 6.07) is 17.2. The van der Waals surface area contributed by atoms with Gasteiger partial charge in [0.1, 0.15) is 5.82 Å². The van der Waals surface area contributed by atoms with Crippen LogP contribution < -0.4 is 15.4 Å². The van der Waals surface area contributed by atoms with Gasteiger partial charge >= 0.3 is 0 Å². The molecule has 1 aliphatic rings. The fourth-order valence-electron chi connectivity index (χ4n) is 2.94. The van der Waals surface area contributed by atoms with Crippen LogP contribution >= 0.6 is 0 Å². The van der Waals surface area contributed by atoms with Crippen LogP contribution in [-0.2, 0) is 21.2 Å². The van der Waals surface area contributed by atoms with E-state index in [4.69, 9.17) is 0 Å². The van der Waals surface area contributed by atoms with Crippen LogP contribution in [0.15, 0.2) is 71.6 Å².